The molecule has 0 spiro atoms. The van der Waals surface area contributed by atoms with Gasteiger partial charge in [0.15, 0.2) is 5.82 Å². The molecule has 1 fully saturated rings. The van der Waals surface area contributed by atoms with E-state index in [-0.39, 0.29) is 6.04 Å². The number of aliphatic hydroxyl groups excluding tert-OH is 1. The predicted molar refractivity (Wildman–Crippen MR) is 97.0 cm³/mol. The molecular weight excluding hydrogens is 330 g/mol. The molecule has 0 amide bonds. The van der Waals surface area contributed by atoms with Crippen molar-refractivity contribution in [2.75, 3.05) is 5.32 Å². The standard InChI is InChI=1S/C18H23N7O/c1-12-5-13(2)25(23-12)18-9-20-8-17(22-18)21-15-6-14(7-16(15)26)10-24-4-3-19-11-24/h3-5,8-9,11,14-16,26H,6-7,10H2,1-2H3,(H,21,22)/t14?,15-,16-/m1/s1. The van der Waals surface area contributed by atoms with Gasteiger partial charge >= 0.3 is 0 Å². The minimum absolute atomic E-state index is 0.0338. The summed E-state index contributed by atoms with van der Waals surface area (Å²) >= 11 is 0. The Bertz CT molecular complexity index is 874. The smallest absolute Gasteiger partial charge is 0.174 e. The van der Waals surface area contributed by atoms with E-state index >= 15 is 0 Å². The Morgan fingerprint density at radius 3 is 2.85 bits per heavy atom. The summed E-state index contributed by atoms with van der Waals surface area (Å²) in [5.74, 6) is 1.73. The number of aromatic nitrogens is 6. The van der Waals surface area contributed by atoms with Gasteiger partial charge in [0.05, 0.1) is 36.6 Å². The SMILES string of the molecule is Cc1cc(C)n(-c2cncc(N[C@@H]3CC(Cn4ccnc4)C[C@H]3O)n2)n1. The van der Waals surface area contributed by atoms with Crippen LogP contribution in [0.15, 0.2) is 37.2 Å². The van der Waals surface area contributed by atoms with Crippen molar-refractivity contribution in [2.45, 2.75) is 45.4 Å². The van der Waals surface area contributed by atoms with Crippen LogP contribution in [0, 0.1) is 19.8 Å². The zero-order chi connectivity index (χ0) is 18.1. The number of hydrogen-bond donors (Lipinski definition) is 2. The van der Waals surface area contributed by atoms with Gasteiger partial charge in [-0.3, -0.25) is 4.98 Å². The van der Waals surface area contributed by atoms with Gasteiger partial charge in [-0.05, 0) is 38.7 Å². The summed E-state index contributed by atoms with van der Waals surface area (Å²) in [7, 11) is 0. The highest BCUT2D eigenvalue weighted by atomic mass is 16.3. The number of hydrogen-bond acceptors (Lipinski definition) is 6. The van der Waals surface area contributed by atoms with E-state index in [9.17, 15) is 5.11 Å². The van der Waals surface area contributed by atoms with Gasteiger partial charge in [0.25, 0.3) is 0 Å². The van der Waals surface area contributed by atoms with E-state index in [0.717, 1.165) is 30.8 Å². The molecule has 3 atom stereocenters. The highest BCUT2D eigenvalue weighted by Crippen LogP contribution is 2.29. The van der Waals surface area contributed by atoms with Gasteiger partial charge in [-0.15, -0.1) is 0 Å². The molecular formula is C18H23N7O. The van der Waals surface area contributed by atoms with Crippen LogP contribution in [0.2, 0.25) is 0 Å². The second-order valence-corrected chi connectivity index (χ2v) is 7.02. The Hall–Kier alpha value is -2.74. The Balaban J connectivity index is 1.45. The maximum absolute atomic E-state index is 10.4. The molecule has 3 aromatic rings. The third-order valence-corrected chi connectivity index (χ3v) is 4.84. The molecule has 3 aromatic heterocycles. The summed E-state index contributed by atoms with van der Waals surface area (Å²) in [6, 6.07) is 1.97. The average Bonchev–Trinajstić information content (AvgIpc) is 3.31. The first-order valence-electron chi connectivity index (χ1n) is 8.84. The lowest BCUT2D eigenvalue weighted by atomic mass is 10.1. The van der Waals surface area contributed by atoms with Crippen molar-refractivity contribution in [3.63, 3.8) is 0 Å². The number of nitrogens with one attached hydrogen (secondary N) is 1. The summed E-state index contributed by atoms with van der Waals surface area (Å²) in [6.45, 7) is 4.81. The highest BCUT2D eigenvalue weighted by molar-refractivity contribution is 5.38. The summed E-state index contributed by atoms with van der Waals surface area (Å²) in [4.78, 5) is 13.0. The van der Waals surface area contributed by atoms with Crippen LogP contribution in [0.1, 0.15) is 24.2 Å². The fourth-order valence-electron chi connectivity index (χ4n) is 3.69. The zero-order valence-corrected chi connectivity index (χ0v) is 14.9. The second-order valence-electron chi connectivity index (χ2n) is 7.02. The van der Waals surface area contributed by atoms with E-state index in [0.29, 0.717) is 17.6 Å². The molecule has 0 aliphatic heterocycles. The lowest BCUT2D eigenvalue weighted by Gasteiger charge is -2.17. The van der Waals surface area contributed by atoms with E-state index in [1.54, 1.807) is 23.3 Å². The Labute approximate surface area is 151 Å². The molecule has 2 N–H and O–H groups in total. The molecule has 1 unspecified atom stereocenters. The first-order valence-corrected chi connectivity index (χ1v) is 8.84. The zero-order valence-electron chi connectivity index (χ0n) is 14.9. The van der Waals surface area contributed by atoms with E-state index in [4.69, 9.17) is 0 Å². The molecule has 0 saturated heterocycles. The van der Waals surface area contributed by atoms with Crippen molar-refractivity contribution < 1.29 is 5.11 Å². The third-order valence-electron chi connectivity index (χ3n) is 4.84. The highest BCUT2D eigenvalue weighted by Gasteiger charge is 2.33. The summed E-state index contributed by atoms with van der Waals surface area (Å²) in [5, 5.41) is 18.2. The lowest BCUT2D eigenvalue weighted by Crippen LogP contribution is -2.28. The van der Waals surface area contributed by atoms with Crippen molar-refractivity contribution in [1.82, 2.24) is 29.3 Å². The fourth-order valence-corrected chi connectivity index (χ4v) is 3.69. The average molecular weight is 353 g/mol. The molecule has 0 radical (unpaired) electrons. The van der Waals surface area contributed by atoms with E-state index < -0.39 is 6.10 Å². The van der Waals surface area contributed by atoms with Crippen LogP contribution in [0.3, 0.4) is 0 Å². The first-order chi connectivity index (χ1) is 12.6. The maximum Gasteiger partial charge on any atom is 0.174 e. The maximum atomic E-state index is 10.4. The number of imidazole rings is 1. The lowest BCUT2D eigenvalue weighted by molar-refractivity contribution is 0.166. The van der Waals surface area contributed by atoms with Crippen molar-refractivity contribution in [1.29, 1.82) is 0 Å². The van der Waals surface area contributed by atoms with Gasteiger partial charge in [-0.25, -0.2) is 14.6 Å². The minimum atomic E-state index is -0.400. The number of nitrogens with zero attached hydrogens (tertiary/aromatic N) is 6. The van der Waals surface area contributed by atoms with Crippen LogP contribution in [0.4, 0.5) is 5.82 Å². The number of rotatable bonds is 5. The molecule has 1 aliphatic carbocycles. The second kappa shape index (κ2) is 6.87. The first kappa shape index (κ1) is 16.7. The van der Waals surface area contributed by atoms with Gasteiger partial charge < -0.3 is 15.0 Å². The van der Waals surface area contributed by atoms with E-state index in [2.05, 4.69) is 29.9 Å². The Morgan fingerprint density at radius 1 is 1.23 bits per heavy atom. The van der Waals surface area contributed by atoms with E-state index in [1.807, 2.05) is 32.4 Å². The van der Waals surface area contributed by atoms with Gasteiger partial charge in [0.1, 0.15) is 5.82 Å². The van der Waals surface area contributed by atoms with Crippen molar-refractivity contribution in [3.05, 3.63) is 48.6 Å². The van der Waals surface area contributed by atoms with Crippen molar-refractivity contribution >= 4 is 5.82 Å². The van der Waals surface area contributed by atoms with Crippen LogP contribution in [0.5, 0.6) is 0 Å². The van der Waals surface area contributed by atoms with Gasteiger partial charge in [-0.2, -0.15) is 5.10 Å². The molecule has 8 heteroatoms. The van der Waals surface area contributed by atoms with Gasteiger partial charge in [0, 0.05) is 24.6 Å². The molecule has 8 nitrogen and oxygen atoms in total. The topological polar surface area (TPSA) is 93.7 Å². The normalized spacial score (nSPS) is 22.7. The van der Waals surface area contributed by atoms with Gasteiger partial charge in [-0.1, -0.05) is 0 Å². The van der Waals surface area contributed by atoms with Crippen molar-refractivity contribution in [2.24, 2.45) is 5.92 Å². The predicted octanol–water partition coefficient (Wildman–Crippen LogP) is 1.73. The molecule has 136 valence electrons. The van der Waals surface area contributed by atoms with Crippen LogP contribution < -0.4 is 5.32 Å². The summed E-state index contributed by atoms with van der Waals surface area (Å²) in [5.41, 5.74) is 1.95. The fraction of sp³-hybridized carbons (Fsp3) is 0.444. The molecule has 0 bridgehead atoms. The Kier molecular flexibility index (Phi) is 4.42. The Morgan fingerprint density at radius 2 is 2.12 bits per heavy atom. The number of aliphatic hydroxyl groups is 1. The van der Waals surface area contributed by atoms with Gasteiger partial charge in [0.2, 0.25) is 0 Å². The molecule has 1 aliphatic rings. The molecule has 1 saturated carbocycles. The van der Waals surface area contributed by atoms with Crippen LogP contribution in [-0.4, -0.2) is 46.6 Å². The van der Waals surface area contributed by atoms with Crippen LogP contribution in [0.25, 0.3) is 5.82 Å². The van der Waals surface area contributed by atoms with E-state index in [1.165, 1.54) is 0 Å². The van der Waals surface area contributed by atoms with Crippen LogP contribution in [-0.2, 0) is 6.54 Å². The third kappa shape index (κ3) is 3.45. The molecule has 4 rings (SSSR count). The quantitative estimate of drug-likeness (QED) is 0.725. The summed E-state index contributed by atoms with van der Waals surface area (Å²) < 4.78 is 3.84. The monoisotopic (exact) mass is 353 g/mol. The number of anilines is 1. The molecule has 3 heterocycles. The number of aryl methyl sites for hydroxylation is 2. The molecule has 0 aromatic carbocycles. The van der Waals surface area contributed by atoms with Crippen molar-refractivity contribution in [3.8, 4) is 5.82 Å². The molecule has 26 heavy (non-hydrogen) atoms. The largest absolute Gasteiger partial charge is 0.391 e. The minimum Gasteiger partial charge on any atom is -0.391 e. The summed E-state index contributed by atoms with van der Waals surface area (Å²) in [6.07, 6.45) is 10.2. The van der Waals surface area contributed by atoms with Crippen LogP contribution >= 0.6 is 0 Å².